The van der Waals surface area contributed by atoms with Gasteiger partial charge in [-0.1, -0.05) is 29.8 Å². The van der Waals surface area contributed by atoms with Crippen molar-refractivity contribution in [3.05, 3.63) is 47.7 Å². The Balaban J connectivity index is 2.10. The van der Waals surface area contributed by atoms with Crippen molar-refractivity contribution < 1.29 is 0 Å². The van der Waals surface area contributed by atoms with E-state index in [9.17, 15) is 0 Å². The minimum Gasteiger partial charge on any atom is -0.361 e. The molecule has 0 radical (unpaired) electrons. The Morgan fingerprint density at radius 3 is 2.88 bits per heavy atom. The molecule has 2 nitrogen and oxygen atoms in total. The Morgan fingerprint density at radius 2 is 2.12 bits per heavy atom. The van der Waals surface area contributed by atoms with Crippen LogP contribution in [0.25, 0.3) is 10.9 Å². The maximum Gasteiger partial charge on any atom is 0.0456 e. The van der Waals surface area contributed by atoms with Crippen LogP contribution in [0.5, 0.6) is 0 Å². The number of rotatable bonds is 4. The van der Waals surface area contributed by atoms with Crippen molar-refractivity contribution in [3.63, 3.8) is 0 Å². The molecule has 0 saturated heterocycles. The molecule has 90 valence electrons. The predicted molar refractivity (Wildman–Crippen MR) is 74.0 cm³/mol. The molecule has 0 aliphatic carbocycles. The highest BCUT2D eigenvalue weighted by molar-refractivity contribution is 5.83. The highest BCUT2D eigenvalue weighted by Gasteiger charge is 2.07. The second-order valence-corrected chi connectivity index (χ2v) is 4.84. The van der Waals surface area contributed by atoms with Gasteiger partial charge in [0.2, 0.25) is 0 Å². The first-order valence-corrected chi connectivity index (χ1v) is 6.11. The van der Waals surface area contributed by atoms with Crippen molar-refractivity contribution in [1.82, 2.24) is 4.98 Å². The molecule has 2 aromatic rings. The fraction of sp³-hybridized carbons (Fsp3) is 0.333. The van der Waals surface area contributed by atoms with Gasteiger partial charge in [0.05, 0.1) is 0 Å². The van der Waals surface area contributed by atoms with E-state index in [2.05, 4.69) is 49.3 Å². The number of nitrogens with one attached hydrogen (secondary N) is 1. The normalized spacial score (nSPS) is 12.6. The molecule has 0 amide bonds. The van der Waals surface area contributed by atoms with E-state index in [-0.39, 0.29) is 6.04 Å². The summed E-state index contributed by atoms with van der Waals surface area (Å²) in [5.41, 5.74) is 9.99. The minimum atomic E-state index is 0.198. The van der Waals surface area contributed by atoms with E-state index in [0.29, 0.717) is 0 Å². The van der Waals surface area contributed by atoms with Gasteiger partial charge in [-0.15, -0.1) is 0 Å². The number of hydrogen-bond acceptors (Lipinski definition) is 1. The third-order valence-electron chi connectivity index (χ3n) is 2.99. The van der Waals surface area contributed by atoms with Gasteiger partial charge in [-0.05, 0) is 38.3 Å². The van der Waals surface area contributed by atoms with Crippen LogP contribution < -0.4 is 5.73 Å². The van der Waals surface area contributed by atoms with Crippen molar-refractivity contribution in [3.8, 4) is 0 Å². The van der Waals surface area contributed by atoms with Crippen molar-refractivity contribution in [1.29, 1.82) is 0 Å². The van der Waals surface area contributed by atoms with Crippen molar-refractivity contribution in [2.75, 3.05) is 0 Å². The van der Waals surface area contributed by atoms with E-state index < -0.39 is 0 Å². The zero-order chi connectivity index (χ0) is 12.3. The summed E-state index contributed by atoms with van der Waals surface area (Å²) in [4.78, 5) is 3.29. The third kappa shape index (κ3) is 2.98. The van der Waals surface area contributed by atoms with Crippen LogP contribution in [-0.4, -0.2) is 11.0 Å². The van der Waals surface area contributed by atoms with Crippen LogP contribution in [0.1, 0.15) is 25.8 Å². The van der Waals surface area contributed by atoms with E-state index in [1.165, 1.54) is 22.0 Å². The number of H-pyrrole nitrogens is 1. The molecule has 0 fully saturated rings. The molecule has 1 unspecified atom stereocenters. The number of fused-ring (bicyclic) bond motifs is 1. The molecule has 1 aromatic heterocycles. The van der Waals surface area contributed by atoms with E-state index >= 15 is 0 Å². The summed E-state index contributed by atoms with van der Waals surface area (Å²) in [6.07, 6.45) is 6.15. The molecule has 0 bridgehead atoms. The van der Waals surface area contributed by atoms with Crippen molar-refractivity contribution in [2.24, 2.45) is 5.73 Å². The van der Waals surface area contributed by atoms with Crippen molar-refractivity contribution >= 4 is 10.9 Å². The van der Waals surface area contributed by atoms with Crippen molar-refractivity contribution in [2.45, 2.75) is 32.7 Å². The summed E-state index contributed by atoms with van der Waals surface area (Å²) >= 11 is 0. The van der Waals surface area contributed by atoms with Crippen LogP contribution in [0.4, 0.5) is 0 Å². The smallest absolute Gasteiger partial charge is 0.0456 e. The van der Waals surface area contributed by atoms with Gasteiger partial charge in [0.25, 0.3) is 0 Å². The number of allylic oxidation sites excluding steroid dienone is 1. The Morgan fingerprint density at radius 1 is 1.35 bits per heavy atom. The quantitative estimate of drug-likeness (QED) is 0.774. The number of para-hydroxylation sites is 1. The average Bonchev–Trinajstić information content (AvgIpc) is 2.70. The first-order valence-electron chi connectivity index (χ1n) is 6.11. The van der Waals surface area contributed by atoms with Gasteiger partial charge in [0.15, 0.2) is 0 Å². The summed E-state index contributed by atoms with van der Waals surface area (Å²) in [5, 5.41) is 1.29. The predicted octanol–water partition coefficient (Wildman–Crippen LogP) is 3.39. The van der Waals surface area contributed by atoms with E-state index in [1.54, 1.807) is 0 Å². The molecule has 0 spiro atoms. The summed E-state index contributed by atoms with van der Waals surface area (Å²) in [7, 11) is 0. The van der Waals surface area contributed by atoms with Crippen LogP contribution in [0.2, 0.25) is 0 Å². The number of benzene rings is 1. The highest BCUT2D eigenvalue weighted by Crippen LogP contribution is 2.19. The van der Waals surface area contributed by atoms with Gasteiger partial charge in [-0.2, -0.15) is 0 Å². The molecule has 1 aromatic carbocycles. The van der Waals surface area contributed by atoms with Gasteiger partial charge in [0, 0.05) is 23.1 Å². The first kappa shape index (κ1) is 11.9. The fourth-order valence-corrected chi connectivity index (χ4v) is 2.05. The summed E-state index contributed by atoms with van der Waals surface area (Å²) in [6.45, 7) is 4.22. The van der Waals surface area contributed by atoms with Crippen LogP contribution >= 0.6 is 0 Å². The molecule has 1 heterocycles. The van der Waals surface area contributed by atoms with Gasteiger partial charge in [-0.25, -0.2) is 0 Å². The Hall–Kier alpha value is -1.54. The maximum absolute atomic E-state index is 6.15. The second-order valence-electron chi connectivity index (χ2n) is 4.84. The molecular formula is C15H20N2. The molecule has 2 heteroatoms. The zero-order valence-electron chi connectivity index (χ0n) is 10.5. The Kier molecular flexibility index (Phi) is 3.64. The lowest BCUT2D eigenvalue weighted by Gasteiger charge is -2.08. The molecule has 17 heavy (non-hydrogen) atoms. The lowest BCUT2D eigenvalue weighted by molar-refractivity contribution is 0.679. The molecule has 0 aliphatic heterocycles. The number of nitrogens with two attached hydrogens (primary N) is 1. The average molecular weight is 228 g/mol. The van der Waals surface area contributed by atoms with E-state index in [4.69, 9.17) is 5.73 Å². The molecule has 0 saturated carbocycles. The third-order valence-corrected chi connectivity index (χ3v) is 2.99. The monoisotopic (exact) mass is 228 g/mol. The Bertz CT molecular complexity index is 518. The fourth-order valence-electron chi connectivity index (χ4n) is 2.05. The largest absolute Gasteiger partial charge is 0.361 e. The second kappa shape index (κ2) is 5.19. The lowest BCUT2D eigenvalue weighted by atomic mass is 10.0. The van der Waals surface area contributed by atoms with Gasteiger partial charge >= 0.3 is 0 Å². The SMILES string of the molecule is CC(C)=CCC(N)Cc1c[nH]c2ccccc12. The first-order chi connectivity index (χ1) is 8.16. The summed E-state index contributed by atoms with van der Waals surface area (Å²) < 4.78 is 0. The minimum absolute atomic E-state index is 0.198. The number of aromatic amines is 1. The topological polar surface area (TPSA) is 41.8 Å². The van der Waals surface area contributed by atoms with Gasteiger partial charge in [-0.3, -0.25) is 0 Å². The summed E-state index contributed by atoms with van der Waals surface area (Å²) in [5.74, 6) is 0. The highest BCUT2D eigenvalue weighted by atomic mass is 14.7. The van der Waals surface area contributed by atoms with E-state index in [0.717, 1.165) is 12.8 Å². The van der Waals surface area contributed by atoms with Crippen LogP contribution in [0, 0.1) is 0 Å². The molecule has 1 atom stereocenters. The summed E-state index contributed by atoms with van der Waals surface area (Å²) in [6, 6.07) is 8.56. The zero-order valence-corrected chi connectivity index (χ0v) is 10.5. The lowest BCUT2D eigenvalue weighted by Crippen LogP contribution is -2.21. The van der Waals surface area contributed by atoms with Crippen LogP contribution in [0.15, 0.2) is 42.1 Å². The molecule has 0 aliphatic rings. The molecule has 2 rings (SSSR count). The Labute approximate surface area is 103 Å². The van der Waals surface area contributed by atoms with Crippen LogP contribution in [0.3, 0.4) is 0 Å². The molecule has 3 N–H and O–H groups in total. The van der Waals surface area contributed by atoms with Crippen LogP contribution in [-0.2, 0) is 6.42 Å². The van der Waals surface area contributed by atoms with E-state index in [1.807, 2.05) is 6.07 Å². The molecular weight excluding hydrogens is 208 g/mol. The standard InChI is InChI=1S/C15H20N2/c1-11(2)7-8-13(16)9-12-10-17-15-6-4-3-5-14(12)15/h3-7,10,13,17H,8-9,16H2,1-2H3. The number of hydrogen-bond donors (Lipinski definition) is 2. The van der Waals surface area contributed by atoms with Gasteiger partial charge in [0.1, 0.15) is 0 Å². The number of aromatic nitrogens is 1. The van der Waals surface area contributed by atoms with Gasteiger partial charge < -0.3 is 10.7 Å². The maximum atomic E-state index is 6.15.